The summed E-state index contributed by atoms with van der Waals surface area (Å²) < 4.78 is 11.3. The van der Waals surface area contributed by atoms with Crippen molar-refractivity contribution in [1.29, 1.82) is 0 Å². The molecule has 2 aliphatic rings. The van der Waals surface area contributed by atoms with Gasteiger partial charge in [-0.25, -0.2) is 0 Å². The SMILES string of the molecule is COCCNCC1CCCOC1C1CCCC(C)C1. The monoisotopic (exact) mass is 269 g/mol. The Kier molecular flexibility index (Phi) is 6.62. The number of rotatable bonds is 6. The Hall–Kier alpha value is -0.120. The first-order valence-corrected chi connectivity index (χ1v) is 8.12. The van der Waals surface area contributed by atoms with Crippen LogP contribution >= 0.6 is 0 Å². The van der Waals surface area contributed by atoms with Crippen molar-refractivity contribution >= 4 is 0 Å². The van der Waals surface area contributed by atoms with E-state index in [2.05, 4.69) is 12.2 Å². The fourth-order valence-corrected chi connectivity index (χ4v) is 3.85. The van der Waals surface area contributed by atoms with Gasteiger partial charge in [-0.3, -0.25) is 0 Å². The number of methoxy groups -OCH3 is 1. The van der Waals surface area contributed by atoms with E-state index < -0.39 is 0 Å². The van der Waals surface area contributed by atoms with Crippen molar-refractivity contribution in [3.63, 3.8) is 0 Å². The third-order valence-electron chi connectivity index (χ3n) is 4.83. The van der Waals surface area contributed by atoms with E-state index in [1.165, 1.54) is 38.5 Å². The standard InChI is InChI=1S/C16H31NO2/c1-13-5-3-6-14(11-13)16-15(7-4-9-19-16)12-17-8-10-18-2/h13-17H,3-12H2,1-2H3. The minimum Gasteiger partial charge on any atom is -0.383 e. The summed E-state index contributed by atoms with van der Waals surface area (Å²) in [7, 11) is 1.76. The summed E-state index contributed by atoms with van der Waals surface area (Å²) in [6.45, 7) is 6.24. The van der Waals surface area contributed by atoms with Gasteiger partial charge in [-0.05, 0) is 43.4 Å². The fraction of sp³-hybridized carbons (Fsp3) is 1.00. The quantitative estimate of drug-likeness (QED) is 0.752. The van der Waals surface area contributed by atoms with Crippen LogP contribution in [-0.4, -0.2) is 39.5 Å². The van der Waals surface area contributed by atoms with Crippen LogP contribution in [0.3, 0.4) is 0 Å². The third kappa shape index (κ3) is 4.73. The second-order valence-corrected chi connectivity index (χ2v) is 6.47. The van der Waals surface area contributed by atoms with Gasteiger partial charge in [-0.15, -0.1) is 0 Å². The number of hydrogen-bond donors (Lipinski definition) is 1. The van der Waals surface area contributed by atoms with E-state index >= 15 is 0 Å². The molecule has 0 aromatic carbocycles. The zero-order valence-corrected chi connectivity index (χ0v) is 12.7. The summed E-state index contributed by atoms with van der Waals surface area (Å²) in [6.07, 6.45) is 8.63. The van der Waals surface area contributed by atoms with Crippen molar-refractivity contribution in [1.82, 2.24) is 5.32 Å². The first-order chi connectivity index (χ1) is 9.31. The molecule has 1 aliphatic heterocycles. The Labute approximate surface area is 118 Å². The average Bonchev–Trinajstić information content (AvgIpc) is 2.44. The summed E-state index contributed by atoms with van der Waals surface area (Å²) in [5.41, 5.74) is 0. The molecule has 0 spiro atoms. The van der Waals surface area contributed by atoms with E-state index in [-0.39, 0.29) is 0 Å². The van der Waals surface area contributed by atoms with E-state index in [1.54, 1.807) is 7.11 Å². The minimum absolute atomic E-state index is 0.506. The summed E-state index contributed by atoms with van der Waals surface area (Å²) in [6, 6.07) is 0. The highest BCUT2D eigenvalue weighted by Gasteiger charge is 2.34. The first kappa shape index (κ1) is 15.3. The van der Waals surface area contributed by atoms with Crippen molar-refractivity contribution < 1.29 is 9.47 Å². The molecule has 4 unspecified atom stereocenters. The average molecular weight is 269 g/mol. The zero-order chi connectivity index (χ0) is 13.5. The van der Waals surface area contributed by atoms with Gasteiger partial charge in [-0.2, -0.15) is 0 Å². The molecule has 3 nitrogen and oxygen atoms in total. The van der Waals surface area contributed by atoms with Gasteiger partial charge in [-0.1, -0.05) is 19.8 Å². The molecule has 19 heavy (non-hydrogen) atoms. The van der Waals surface area contributed by atoms with Gasteiger partial charge in [0.05, 0.1) is 12.7 Å². The summed E-state index contributed by atoms with van der Waals surface area (Å²) in [5, 5.41) is 3.53. The van der Waals surface area contributed by atoms with E-state index in [1.807, 2.05) is 0 Å². The molecule has 1 N–H and O–H groups in total. The summed E-state index contributed by atoms with van der Waals surface area (Å²) in [5.74, 6) is 2.41. The van der Waals surface area contributed by atoms with E-state index in [9.17, 15) is 0 Å². The van der Waals surface area contributed by atoms with Gasteiger partial charge in [0.25, 0.3) is 0 Å². The van der Waals surface area contributed by atoms with Crippen molar-refractivity contribution in [3.8, 4) is 0 Å². The van der Waals surface area contributed by atoms with Crippen LogP contribution in [0.1, 0.15) is 45.4 Å². The lowest BCUT2D eigenvalue weighted by Gasteiger charge is -2.40. The zero-order valence-electron chi connectivity index (χ0n) is 12.7. The Bertz CT molecular complexity index is 247. The van der Waals surface area contributed by atoms with Crippen molar-refractivity contribution in [2.45, 2.75) is 51.6 Å². The van der Waals surface area contributed by atoms with Crippen molar-refractivity contribution in [2.75, 3.05) is 33.4 Å². The second kappa shape index (κ2) is 8.23. The van der Waals surface area contributed by atoms with Gasteiger partial charge in [0.1, 0.15) is 0 Å². The molecule has 0 amide bonds. The Morgan fingerprint density at radius 3 is 2.89 bits per heavy atom. The maximum atomic E-state index is 6.16. The Balaban J connectivity index is 1.80. The molecule has 1 aliphatic carbocycles. The van der Waals surface area contributed by atoms with Gasteiger partial charge >= 0.3 is 0 Å². The Morgan fingerprint density at radius 2 is 2.11 bits per heavy atom. The topological polar surface area (TPSA) is 30.5 Å². The fourth-order valence-electron chi connectivity index (χ4n) is 3.85. The molecular formula is C16H31NO2. The second-order valence-electron chi connectivity index (χ2n) is 6.47. The lowest BCUT2D eigenvalue weighted by atomic mass is 9.74. The highest BCUT2D eigenvalue weighted by Crippen LogP contribution is 2.37. The maximum Gasteiger partial charge on any atom is 0.0643 e. The molecule has 0 aromatic heterocycles. The molecule has 1 saturated heterocycles. The molecule has 4 atom stereocenters. The summed E-state index contributed by atoms with van der Waals surface area (Å²) >= 11 is 0. The lowest BCUT2D eigenvalue weighted by molar-refractivity contribution is -0.0720. The Morgan fingerprint density at radius 1 is 1.21 bits per heavy atom. The molecule has 0 radical (unpaired) electrons. The minimum atomic E-state index is 0.506. The van der Waals surface area contributed by atoms with Crippen LogP contribution in [0.4, 0.5) is 0 Å². The van der Waals surface area contributed by atoms with Crippen LogP contribution < -0.4 is 5.32 Å². The third-order valence-corrected chi connectivity index (χ3v) is 4.83. The molecule has 1 saturated carbocycles. The normalized spacial score (nSPS) is 36.3. The van der Waals surface area contributed by atoms with Crippen LogP contribution in [-0.2, 0) is 9.47 Å². The molecule has 1 heterocycles. The predicted molar refractivity (Wildman–Crippen MR) is 78.3 cm³/mol. The lowest BCUT2D eigenvalue weighted by Crippen LogP contribution is -2.43. The van der Waals surface area contributed by atoms with Gasteiger partial charge in [0.15, 0.2) is 0 Å². The van der Waals surface area contributed by atoms with Crippen LogP contribution in [0.15, 0.2) is 0 Å². The van der Waals surface area contributed by atoms with Gasteiger partial charge < -0.3 is 14.8 Å². The van der Waals surface area contributed by atoms with Crippen LogP contribution in [0, 0.1) is 17.8 Å². The molecule has 112 valence electrons. The molecule has 2 fully saturated rings. The van der Waals surface area contributed by atoms with Crippen molar-refractivity contribution in [3.05, 3.63) is 0 Å². The molecular weight excluding hydrogens is 238 g/mol. The maximum absolute atomic E-state index is 6.16. The number of hydrogen-bond acceptors (Lipinski definition) is 3. The highest BCUT2D eigenvalue weighted by atomic mass is 16.5. The summed E-state index contributed by atoms with van der Waals surface area (Å²) in [4.78, 5) is 0. The first-order valence-electron chi connectivity index (χ1n) is 8.12. The smallest absolute Gasteiger partial charge is 0.0643 e. The highest BCUT2D eigenvalue weighted by molar-refractivity contribution is 4.85. The van der Waals surface area contributed by atoms with Crippen LogP contribution in [0.2, 0.25) is 0 Å². The molecule has 0 bridgehead atoms. The predicted octanol–water partition coefficient (Wildman–Crippen LogP) is 2.84. The van der Waals surface area contributed by atoms with E-state index in [0.717, 1.165) is 38.1 Å². The van der Waals surface area contributed by atoms with Crippen LogP contribution in [0.25, 0.3) is 0 Å². The van der Waals surface area contributed by atoms with Gasteiger partial charge in [0, 0.05) is 26.8 Å². The van der Waals surface area contributed by atoms with Crippen molar-refractivity contribution in [2.24, 2.45) is 17.8 Å². The van der Waals surface area contributed by atoms with E-state index in [4.69, 9.17) is 9.47 Å². The van der Waals surface area contributed by atoms with Crippen LogP contribution in [0.5, 0.6) is 0 Å². The molecule has 0 aromatic rings. The van der Waals surface area contributed by atoms with Gasteiger partial charge in [0.2, 0.25) is 0 Å². The number of ether oxygens (including phenoxy) is 2. The van der Waals surface area contributed by atoms with E-state index in [0.29, 0.717) is 12.0 Å². The largest absolute Gasteiger partial charge is 0.383 e. The number of nitrogens with one attached hydrogen (secondary N) is 1. The molecule has 3 heteroatoms. The molecule has 2 rings (SSSR count).